The lowest BCUT2D eigenvalue weighted by Gasteiger charge is -2.13. The summed E-state index contributed by atoms with van der Waals surface area (Å²) in [5, 5.41) is 6.41. The van der Waals surface area contributed by atoms with Crippen molar-refractivity contribution < 1.29 is 0 Å². The van der Waals surface area contributed by atoms with Crippen molar-refractivity contribution in [3.8, 4) is 0 Å². The number of rotatable bonds is 4. The minimum Gasteiger partial charge on any atom is -0.385 e. The summed E-state index contributed by atoms with van der Waals surface area (Å²) in [6.45, 7) is 4.09. The molecule has 1 aliphatic rings. The molecule has 0 fully saturated rings. The van der Waals surface area contributed by atoms with Crippen molar-refractivity contribution in [2.24, 2.45) is 16.8 Å². The first-order chi connectivity index (χ1) is 7.75. The molecule has 0 saturated heterocycles. The van der Waals surface area contributed by atoms with Gasteiger partial charge >= 0.3 is 0 Å². The van der Waals surface area contributed by atoms with Crippen molar-refractivity contribution in [3.63, 3.8) is 0 Å². The topological polar surface area (TPSA) is 41.6 Å². The molecule has 2 rings (SSSR count). The van der Waals surface area contributed by atoms with Gasteiger partial charge in [-0.2, -0.15) is 5.10 Å². The maximum absolute atomic E-state index is 5.76. The molecule has 1 atom stereocenters. The first kappa shape index (κ1) is 11.0. The van der Waals surface area contributed by atoms with Gasteiger partial charge in [0.2, 0.25) is 0 Å². The second-order valence-corrected chi connectivity index (χ2v) is 4.43. The Hall–Kier alpha value is -1.51. The Morgan fingerprint density at radius 3 is 2.75 bits per heavy atom. The molecule has 1 aromatic carbocycles. The van der Waals surface area contributed by atoms with Crippen molar-refractivity contribution >= 4 is 5.84 Å². The highest BCUT2D eigenvalue weighted by molar-refractivity contribution is 5.83. The summed E-state index contributed by atoms with van der Waals surface area (Å²) in [4.78, 5) is 0. The molecule has 0 saturated carbocycles. The molecule has 1 heterocycles. The van der Waals surface area contributed by atoms with Crippen LogP contribution >= 0.6 is 0 Å². The van der Waals surface area contributed by atoms with Gasteiger partial charge in [-0.3, -0.25) is 5.01 Å². The molecule has 16 heavy (non-hydrogen) atoms. The molecule has 2 N–H and O–H groups in total. The standard InChI is InChI=1S/C13H19N3/c1-11-10-16(15-13(11)14)9-5-8-12-6-3-2-4-7-12/h2-4,6-7,11H,5,8-10H2,1H3,(H2,14,15). The molecule has 0 aliphatic carbocycles. The van der Waals surface area contributed by atoms with Crippen LogP contribution in [0.3, 0.4) is 0 Å². The molecule has 0 radical (unpaired) electrons. The van der Waals surface area contributed by atoms with Crippen LogP contribution in [0.25, 0.3) is 0 Å². The highest BCUT2D eigenvalue weighted by Gasteiger charge is 2.19. The highest BCUT2D eigenvalue weighted by Crippen LogP contribution is 2.11. The second-order valence-electron chi connectivity index (χ2n) is 4.43. The number of hydrazone groups is 1. The molecule has 1 unspecified atom stereocenters. The van der Waals surface area contributed by atoms with Crippen LogP contribution in [0.5, 0.6) is 0 Å². The van der Waals surface area contributed by atoms with E-state index in [1.54, 1.807) is 0 Å². The highest BCUT2D eigenvalue weighted by atomic mass is 15.5. The van der Waals surface area contributed by atoms with E-state index in [1.807, 2.05) is 0 Å². The molecule has 1 aromatic rings. The lowest BCUT2D eigenvalue weighted by molar-refractivity contribution is 0.296. The fourth-order valence-corrected chi connectivity index (χ4v) is 1.96. The summed E-state index contributed by atoms with van der Waals surface area (Å²) in [6, 6.07) is 10.6. The van der Waals surface area contributed by atoms with Crippen LogP contribution in [0.1, 0.15) is 18.9 Å². The van der Waals surface area contributed by atoms with Crippen LogP contribution in [0, 0.1) is 5.92 Å². The van der Waals surface area contributed by atoms with E-state index in [-0.39, 0.29) is 0 Å². The van der Waals surface area contributed by atoms with E-state index in [1.165, 1.54) is 5.56 Å². The molecule has 0 spiro atoms. The van der Waals surface area contributed by atoms with Gasteiger partial charge in [-0.25, -0.2) is 0 Å². The molecule has 0 bridgehead atoms. The Balaban J connectivity index is 1.74. The molecule has 0 aromatic heterocycles. The summed E-state index contributed by atoms with van der Waals surface area (Å²) in [6.07, 6.45) is 2.24. The van der Waals surface area contributed by atoms with Crippen molar-refractivity contribution in [2.45, 2.75) is 19.8 Å². The smallest absolute Gasteiger partial charge is 0.124 e. The quantitative estimate of drug-likeness (QED) is 0.836. The van der Waals surface area contributed by atoms with Crippen molar-refractivity contribution in [2.75, 3.05) is 13.1 Å². The normalized spacial score (nSPS) is 19.9. The lowest BCUT2D eigenvalue weighted by atomic mass is 10.1. The Bertz CT molecular complexity index is 359. The summed E-state index contributed by atoms with van der Waals surface area (Å²) >= 11 is 0. The van der Waals surface area contributed by atoms with Gasteiger partial charge in [-0.05, 0) is 18.4 Å². The Morgan fingerprint density at radius 1 is 1.38 bits per heavy atom. The number of nitrogens with zero attached hydrogens (tertiary/aromatic N) is 2. The summed E-state index contributed by atoms with van der Waals surface area (Å²) in [5.41, 5.74) is 7.15. The number of aryl methyl sites for hydroxylation is 1. The number of hydrogen-bond donors (Lipinski definition) is 1. The third-order valence-corrected chi connectivity index (χ3v) is 2.97. The van der Waals surface area contributed by atoms with Gasteiger partial charge in [0.15, 0.2) is 0 Å². The zero-order chi connectivity index (χ0) is 11.4. The second kappa shape index (κ2) is 5.01. The SMILES string of the molecule is CC1CN(CCCc2ccccc2)N=C1N. The van der Waals surface area contributed by atoms with Crippen LogP contribution in [0.4, 0.5) is 0 Å². The average Bonchev–Trinajstić information content (AvgIpc) is 2.60. The van der Waals surface area contributed by atoms with E-state index in [2.05, 4.69) is 47.4 Å². The number of amidine groups is 1. The third kappa shape index (κ3) is 2.75. The largest absolute Gasteiger partial charge is 0.385 e. The van der Waals surface area contributed by atoms with E-state index < -0.39 is 0 Å². The molecule has 86 valence electrons. The van der Waals surface area contributed by atoms with Gasteiger partial charge in [-0.15, -0.1) is 0 Å². The minimum absolute atomic E-state index is 0.414. The minimum atomic E-state index is 0.414. The van der Waals surface area contributed by atoms with Crippen LogP contribution < -0.4 is 5.73 Å². The summed E-state index contributed by atoms with van der Waals surface area (Å²) in [7, 11) is 0. The lowest BCUT2D eigenvalue weighted by Crippen LogP contribution is -2.21. The van der Waals surface area contributed by atoms with E-state index in [9.17, 15) is 0 Å². The van der Waals surface area contributed by atoms with E-state index in [4.69, 9.17) is 5.73 Å². The van der Waals surface area contributed by atoms with Crippen LogP contribution in [-0.4, -0.2) is 23.9 Å². The van der Waals surface area contributed by atoms with Crippen molar-refractivity contribution in [1.82, 2.24) is 5.01 Å². The van der Waals surface area contributed by atoms with Gasteiger partial charge in [0, 0.05) is 19.0 Å². The van der Waals surface area contributed by atoms with Crippen LogP contribution in [-0.2, 0) is 6.42 Å². The number of nitrogens with two attached hydrogens (primary N) is 1. The van der Waals surface area contributed by atoms with E-state index in [0.717, 1.165) is 31.8 Å². The summed E-state index contributed by atoms with van der Waals surface area (Å²) in [5.74, 6) is 1.19. The fraction of sp³-hybridized carbons (Fsp3) is 0.462. The maximum Gasteiger partial charge on any atom is 0.124 e. The Morgan fingerprint density at radius 2 is 2.12 bits per heavy atom. The van der Waals surface area contributed by atoms with Gasteiger partial charge in [0.25, 0.3) is 0 Å². The van der Waals surface area contributed by atoms with Gasteiger partial charge in [-0.1, -0.05) is 37.3 Å². The van der Waals surface area contributed by atoms with Crippen LogP contribution in [0.2, 0.25) is 0 Å². The summed E-state index contributed by atoms with van der Waals surface area (Å²) < 4.78 is 0. The average molecular weight is 217 g/mol. The number of hydrogen-bond acceptors (Lipinski definition) is 3. The van der Waals surface area contributed by atoms with Gasteiger partial charge < -0.3 is 5.73 Å². The van der Waals surface area contributed by atoms with Crippen LogP contribution in [0.15, 0.2) is 35.4 Å². The molecule has 3 heteroatoms. The van der Waals surface area contributed by atoms with E-state index in [0.29, 0.717) is 5.92 Å². The van der Waals surface area contributed by atoms with Crippen molar-refractivity contribution in [1.29, 1.82) is 0 Å². The fourth-order valence-electron chi connectivity index (χ4n) is 1.96. The zero-order valence-electron chi connectivity index (χ0n) is 9.76. The Kier molecular flexibility index (Phi) is 3.44. The predicted octanol–water partition coefficient (Wildman–Crippen LogP) is 1.84. The first-order valence-electron chi connectivity index (χ1n) is 5.88. The predicted molar refractivity (Wildman–Crippen MR) is 67.1 cm³/mol. The zero-order valence-corrected chi connectivity index (χ0v) is 9.76. The molecular weight excluding hydrogens is 198 g/mol. The van der Waals surface area contributed by atoms with Gasteiger partial charge in [0.1, 0.15) is 5.84 Å². The molecule has 1 aliphatic heterocycles. The van der Waals surface area contributed by atoms with Gasteiger partial charge in [0.05, 0.1) is 0 Å². The van der Waals surface area contributed by atoms with E-state index >= 15 is 0 Å². The first-order valence-corrected chi connectivity index (χ1v) is 5.88. The monoisotopic (exact) mass is 217 g/mol. The molecular formula is C13H19N3. The number of benzene rings is 1. The maximum atomic E-state index is 5.76. The van der Waals surface area contributed by atoms with Crippen molar-refractivity contribution in [3.05, 3.63) is 35.9 Å². The molecule has 0 amide bonds. The third-order valence-electron chi connectivity index (χ3n) is 2.97. The molecule has 3 nitrogen and oxygen atoms in total. The Labute approximate surface area is 96.9 Å².